The molecule has 1 aliphatic rings. The molecule has 1 aromatic carbocycles. The molecular formula is C17H26INO4SSi. The highest BCUT2D eigenvalue weighted by Gasteiger charge is 2.46. The van der Waals surface area contributed by atoms with Crippen LogP contribution in [0.15, 0.2) is 24.3 Å². The fourth-order valence-corrected chi connectivity index (χ4v) is 8.53. The standard InChI is InChI=1S/C17H26INO4SSi/c1-23-17(20)14-9-10-19(24(21,22)11-12-25(2,3)4)16(14)13-7-5-6-8-15(13)18/h5-8,14,16H,9-12H2,1-4H3/t14-,16+/m0/s1. The second-order valence-corrected chi connectivity index (χ2v) is 16.4. The minimum Gasteiger partial charge on any atom is -0.469 e. The lowest BCUT2D eigenvalue weighted by Gasteiger charge is -2.29. The lowest BCUT2D eigenvalue weighted by molar-refractivity contribution is -0.146. The lowest BCUT2D eigenvalue weighted by atomic mass is 9.94. The Morgan fingerprint density at radius 3 is 2.52 bits per heavy atom. The van der Waals surface area contributed by atoms with E-state index in [9.17, 15) is 13.2 Å². The van der Waals surface area contributed by atoms with Crippen molar-refractivity contribution in [2.24, 2.45) is 5.92 Å². The summed E-state index contributed by atoms with van der Waals surface area (Å²) in [5.74, 6) is -0.647. The van der Waals surface area contributed by atoms with Crippen LogP contribution in [0.4, 0.5) is 0 Å². The topological polar surface area (TPSA) is 63.7 Å². The summed E-state index contributed by atoms with van der Waals surface area (Å²) in [5.41, 5.74) is 0.882. The summed E-state index contributed by atoms with van der Waals surface area (Å²) in [7, 11) is -3.54. The number of ether oxygens (including phenoxy) is 1. The van der Waals surface area contributed by atoms with Crippen molar-refractivity contribution in [2.45, 2.75) is 38.1 Å². The molecule has 1 saturated heterocycles. The van der Waals surface area contributed by atoms with Gasteiger partial charge in [-0.2, -0.15) is 4.31 Å². The van der Waals surface area contributed by atoms with Crippen LogP contribution in [0.25, 0.3) is 0 Å². The van der Waals surface area contributed by atoms with Crippen LogP contribution in [0.3, 0.4) is 0 Å². The molecule has 0 aliphatic carbocycles. The van der Waals surface area contributed by atoms with Crippen molar-refractivity contribution in [1.82, 2.24) is 4.31 Å². The van der Waals surface area contributed by atoms with Gasteiger partial charge in [0.25, 0.3) is 0 Å². The number of methoxy groups -OCH3 is 1. The Morgan fingerprint density at radius 1 is 1.32 bits per heavy atom. The molecule has 0 unspecified atom stereocenters. The van der Waals surface area contributed by atoms with Gasteiger partial charge < -0.3 is 4.74 Å². The summed E-state index contributed by atoms with van der Waals surface area (Å²) in [4.78, 5) is 12.3. The minimum atomic E-state index is -3.42. The highest BCUT2D eigenvalue weighted by Crippen LogP contribution is 2.41. The lowest BCUT2D eigenvalue weighted by Crippen LogP contribution is -2.37. The van der Waals surface area contributed by atoms with Gasteiger partial charge in [-0.15, -0.1) is 0 Å². The summed E-state index contributed by atoms with van der Waals surface area (Å²) < 4.78 is 33.5. The van der Waals surface area contributed by atoms with Gasteiger partial charge in [0.2, 0.25) is 10.0 Å². The molecule has 0 bridgehead atoms. The van der Waals surface area contributed by atoms with Crippen molar-refractivity contribution < 1.29 is 17.9 Å². The molecule has 1 heterocycles. The third-order valence-corrected chi connectivity index (χ3v) is 9.49. The summed E-state index contributed by atoms with van der Waals surface area (Å²) in [6, 6.07) is 7.89. The molecule has 0 radical (unpaired) electrons. The van der Waals surface area contributed by atoms with Crippen LogP contribution in [-0.4, -0.2) is 46.2 Å². The predicted molar refractivity (Wildman–Crippen MR) is 111 cm³/mol. The summed E-state index contributed by atoms with van der Waals surface area (Å²) in [5, 5.41) is 0. The molecule has 140 valence electrons. The van der Waals surface area contributed by atoms with Crippen molar-refractivity contribution in [2.75, 3.05) is 19.4 Å². The molecule has 1 aromatic rings. The van der Waals surface area contributed by atoms with E-state index in [-0.39, 0.29) is 11.7 Å². The monoisotopic (exact) mass is 495 g/mol. The van der Waals surface area contributed by atoms with Gasteiger partial charge in [-0.05, 0) is 46.7 Å². The molecule has 2 atom stereocenters. The van der Waals surface area contributed by atoms with Crippen molar-refractivity contribution in [3.63, 3.8) is 0 Å². The van der Waals surface area contributed by atoms with E-state index in [1.807, 2.05) is 24.3 Å². The van der Waals surface area contributed by atoms with Crippen LogP contribution in [0.5, 0.6) is 0 Å². The number of sulfonamides is 1. The van der Waals surface area contributed by atoms with Crippen molar-refractivity contribution >= 4 is 46.7 Å². The van der Waals surface area contributed by atoms with Crippen molar-refractivity contribution in [3.8, 4) is 0 Å². The number of rotatable bonds is 6. The first-order chi connectivity index (χ1) is 11.6. The Hall–Kier alpha value is -0.453. The SMILES string of the molecule is COC(=O)[C@H]1CCN(S(=O)(=O)CC[Si](C)(C)C)[C@@H]1c1ccccc1I. The molecule has 0 N–H and O–H groups in total. The zero-order valence-corrected chi connectivity index (χ0v) is 19.1. The van der Waals surface area contributed by atoms with E-state index in [1.165, 1.54) is 11.4 Å². The highest BCUT2D eigenvalue weighted by molar-refractivity contribution is 14.1. The van der Waals surface area contributed by atoms with Gasteiger partial charge in [0.1, 0.15) is 0 Å². The zero-order chi connectivity index (χ0) is 18.8. The fourth-order valence-electron chi connectivity index (χ4n) is 3.11. The number of esters is 1. The van der Waals surface area contributed by atoms with Crippen LogP contribution in [0.1, 0.15) is 18.0 Å². The molecule has 0 amide bonds. The van der Waals surface area contributed by atoms with E-state index in [2.05, 4.69) is 42.2 Å². The predicted octanol–water partition coefficient (Wildman–Crippen LogP) is 3.50. The van der Waals surface area contributed by atoms with Gasteiger partial charge >= 0.3 is 5.97 Å². The number of hydrogen-bond donors (Lipinski definition) is 0. The van der Waals surface area contributed by atoms with Crippen LogP contribution >= 0.6 is 22.6 Å². The molecule has 2 rings (SSSR count). The maximum atomic E-state index is 13.0. The van der Waals surface area contributed by atoms with Crippen molar-refractivity contribution in [3.05, 3.63) is 33.4 Å². The fraction of sp³-hybridized carbons (Fsp3) is 0.588. The van der Waals surface area contributed by atoms with Gasteiger partial charge in [0.15, 0.2) is 0 Å². The second-order valence-electron chi connectivity index (χ2n) is 7.62. The average Bonchev–Trinajstić information content (AvgIpc) is 2.98. The van der Waals surface area contributed by atoms with Gasteiger partial charge in [-0.25, -0.2) is 8.42 Å². The van der Waals surface area contributed by atoms with Gasteiger partial charge in [-0.3, -0.25) is 4.79 Å². The second kappa shape index (κ2) is 8.06. The Balaban J connectivity index is 2.39. The Kier molecular flexibility index (Phi) is 6.72. The number of hydrogen-bond acceptors (Lipinski definition) is 4. The molecule has 8 heteroatoms. The highest BCUT2D eigenvalue weighted by atomic mass is 127. The third-order valence-electron chi connectivity index (χ3n) is 4.55. The molecule has 1 aliphatic heterocycles. The van der Waals surface area contributed by atoms with E-state index >= 15 is 0 Å². The molecule has 25 heavy (non-hydrogen) atoms. The number of carbonyl (C=O) groups excluding carboxylic acids is 1. The average molecular weight is 495 g/mol. The first-order valence-electron chi connectivity index (χ1n) is 8.38. The maximum absolute atomic E-state index is 13.0. The van der Waals surface area contributed by atoms with Crippen LogP contribution in [0.2, 0.25) is 25.7 Å². The third kappa shape index (κ3) is 5.05. The smallest absolute Gasteiger partial charge is 0.310 e. The Bertz CT molecular complexity index is 732. The molecule has 0 aromatic heterocycles. The van der Waals surface area contributed by atoms with E-state index < -0.39 is 30.1 Å². The van der Waals surface area contributed by atoms with E-state index in [1.54, 1.807) is 0 Å². The summed E-state index contributed by atoms with van der Waals surface area (Å²) in [6.07, 6.45) is 0.495. The van der Waals surface area contributed by atoms with Gasteiger partial charge in [0.05, 0.1) is 24.8 Å². The Labute approximate surface area is 165 Å². The largest absolute Gasteiger partial charge is 0.469 e. The molecular weight excluding hydrogens is 469 g/mol. The molecule has 1 fully saturated rings. The molecule has 0 saturated carbocycles. The normalized spacial score (nSPS) is 22.1. The van der Waals surface area contributed by atoms with E-state index in [0.717, 1.165) is 9.13 Å². The summed E-state index contributed by atoms with van der Waals surface area (Å²) in [6.45, 7) is 6.87. The molecule has 0 spiro atoms. The summed E-state index contributed by atoms with van der Waals surface area (Å²) >= 11 is 2.20. The molecule has 5 nitrogen and oxygen atoms in total. The van der Waals surface area contributed by atoms with Crippen molar-refractivity contribution in [1.29, 1.82) is 0 Å². The van der Waals surface area contributed by atoms with Crippen LogP contribution in [0, 0.1) is 9.49 Å². The number of halogens is 1. The zero-order valence-electron chi connectivity index (χ0n) is 15.2. The Morgan fingerprint density at radius 2 is 1.96 bits per heavy atom. The van der Waals surface area contributed by atoms with E-state index in [0.29, 0.717) is 19.0 Å². The number of nitrogens with zero attached hydrogens (tertiary/aromatic N) is 1. The first-order valence-corrected chi connectivity index (χ1v) is 14.8. The number of carbonyl (C=O) groups is 1. The van der Waals surface area contributed by atoms with E-state index in [4.69, 9.17) is 4.74 Å². The van der Waals surface area contributed by atoms with Crippen LogP contribution < -0.4 is 0 Å². The first kappa shape index (κ1) is 20.9. The quantitative estimate of drug-likeness (QED) is 0.345. The van der Waals surface area contributed by atoms with Gasteiger partial charge in [-0.1, -0.05) is 37.8 Å². The van der Waals surface area contributed by atoms with Crippen LogP contribution in [-0.2, 0) is 19.6 Å². The number of benzene rings is 1. The maximum Gasteiger partial charge on any atom is 0.310 e. The minimum absolute atomic E-state index is 0.149. The van der Waals surface area contributed by atoms with Gasteiger partial charge in [0, 0.05) is 18.2 Å².